The summed E-state index contributed by atoms with van der Waals surface area (Å²) in [7, 11) is 2.12. The molecule has 1 aromatic rings. The molecule has 0 radical (unpaired) electrons. The maximum Gasteiger partial charge on any atom is 0.139 e. The quantitative estimate of drug-likeness (QED) is 0.882. The van der Waals surface area contributed by atoms with Crippen molar-refractivity contribution >= 4 is 11.6 Å². The molecule has 0 aromatic heterocycles. The summed E-state index contributed by atoms with van der Waals surface area (Å²) in [5.41, 5.74) is 10.7. The number of phenolic OH excluding ortho intramolecular Hbond substituents is 1. The largest absolute Gasteiger partial charge is 0.506 e. The minimum absolute atomic E-state index is 0.239. The summed E-state index contributed by atoms with van der Waals surface area (Å²) >= 11 is 6.49. The third kappa shape index (κ3) is 2.45. The predicted molar refractivity (Wildman–Crippen MR) is 87.0 cm³/mol. The number of hydrogen-bond donors (Lipinski definition) is 2. The maximum absolute atomic E-state index is 10.7. The Bertz CT molecular complexity index is 558. The average molecular weight is 309 g/mol. The van der Waals surface area contributed by atoms with Gasteiger partial charge < -0.3 is 10.8 Å². The molecule has 21 heavy (non-hydrogen) atoms. The van der Waals surface area contributed by atoms with Crippen LogP contribution >= 0.6 is 11.6 Å². The fourth-order valence-corrected chi connectivity index (χ4v) is 4.49. The second-order valence-electron chi connectivity index (χ2n) is 6.66. The average Bonchev–Trinajstić information content (AvgIpc) is 2.86. The lowest BCUT2D eigenvalue weighted by molar-refractivity contribution is 0.304. The van der Waals surface area contributed by atoms with Crippen LogP contribution in [0.25, 0.3) is 0 Å². The Morgan fingerprint density at radius 1 is 1.29 bits per heavy atom. The molecule has 2 aliphatic rings. The summed E-state index contributed by atoms with van der Waals surface area (Å²) in [6.07, 6.45) is 5.49. The molecule has 1 aromatic carbocycles. The molecule has 1 saturated heterocycles. The fourth-order valence-electron chi connectivity index (χ4n) is 4.18. The van der Waals surface area contributed by atoms with Gasteiger partial charge in [-0.2, -0.15) is 0 Å². The van der Waals surface area contributed by atoms with E-state index in [1.165, 1.54) is 29.5 Å². The van der Waals surface area contributed by atoms with E-state index in [1.54, 1.807) is 0 Å². The molecule has 0 spiro atoms. The topological polar surface area (TPSA) is 49.5 Å². The minimum atomic E-state index is 0.239. The van der Waals surface area contributed by atoms with Gasteiger partial charge in [0.05, 0.1) is 5.02 Å². The second kappa shape index (κ2) is 5.79. The number of hydrogen-bond acceptors (Lipinski definition) is 3. The van der Waals surface area contributed by atoms with E-state index >= 15 is 0 Å². The van der Waals surface area contributed by atoms with Crippen LogP contribution in [0.4, 0.5) is 0 Å². The molecule has 3 N–H and O–H groups in total. The van der Waals surface area contributed by atoms with Gasteiger partial charge in [-0.25, -0.2) is 0 Å². The zero-order chi connectivity index (χ0) is 15.1. The number of nitrogens with two attached hydrogens (primary N) is 1. The molecular weight excluding hydrogens is 284 g/mol. The first-order valence-corrected chi connectivity index (χ1v) is 8.35. The van der Waals surface area contributed by atoms with Crippen molar-refractivity contribution in [2.24, 2.45) is 11.7 Å². The van der Waals surface area contributed by atoms with Gasteiger partial charge in [-0.15, -0.1) is 0 Å². The molecule has 0 amide bonds. The van der Waals surface area contributed by atoms with Gasteiger partial charge in [0.15, 0.2) is 0 Å². The van der Waals surface area contributed by atoms with Crippen LogP contribution in [-0.2, 0) is 12.8 Å². The van der Waals surface area contributed by atoms with Crippen LogP contribution < -0.4 is 5.73 Å². The van der Waals surface area contributed by atoms with Gasteiger partial charge in [-0.3, -0.25) is 4.90 Å². The van der Waals surface area contributed by atoms with Crippen LogP contribution in [0.1, 0.15) is 47.6 Å². The number of nitrogens with zero attached hydrogens (tertiary/aromatic N) is 1. The summed E-state index contributed by atoms with van der Waals surface area (Å²) in [5, 5.41) is 11.3. The predicted octanol–water partition coefficient (Wildman–Crippen LogP) is 3.18. The molecule has 3 rings (SSSR count). The van der Waals surface area contributed by atoms with E-state index < -0.39 is 0 Å². The van der Waals surface area contributed by atoms with E-state index in [0.717, 1.165) is 31.4 Å². The smallest absolute Gasteiger partial charge is 0.139 e. The molecule has 1 heterocycles. The summed E-state index contributed by atoms with van der Waals surface area (Å²) in [6.45, 7) is 3.85. The van der Waals surface area contributed by atoms with E-state index in [-0.39, 0.29) is 6.04 Å². The molecule has 2 unspecified atom stereocenters. The third-order valence-corrected chi connectivity index (χ3v) is 5.76. The zero-order valence-corrected chi connectivity index (χ0v) is 13.7. The minimum Gasteiger partial charge on any atom is -0.506 e. The Hall–Kier alpha value is -0.770. The standard InChI is InChI=1S/C17H25ClN2O/c1-10-12-5-3-4-6-13(12)16(18)17(21)15(10)14-7-11(8-19)9-20(14)2/h11,14,21H,3-9,19H2,1-2H3. The number of fused-ring (bicyclic) bond motifs is 1. The second-order valence-corrected chi connectivity index (χ2v) is 7.04. The van der Waals surface area contributed by atoms with Crippen molar-refractivity contribution in [3.05, 3.63) is 27.3 Å². The first-order valence-electron chi connectivity index (χ1n) is 7.97. The Morgan fingerprint density at radius 2 is 1.95 bits per heavy atom. The van der Waals surface area contributed by atoms with Crippen LogP contribution in [0, 0.1) is 12.8 Å². The molecule has 3 nitrogen and oxygen atoms in total. The molecule has 2 atom stereocenters. The fraction of sp³-hybridized carbons (Fsp3) is 0.647. The van der Waals surface area contributed by atoms with Gasteiger partial charge in [0.2, 0.25) is 0 Å². The summed E-state index contributed by atoms with van der Waals surface area (Å²) in [6, 6.07) is 0.239. The normalized spacial score (nSPS) is 26.1. The van der Waals surface area contributed by atoms with Crippen molar-refractivity contribution in [3.8, 4) is 5.75 Å². The zero-order valence-electron chi connectivity index (χ0n) is 13.0. The third-order valence-electron chi connectivity index (χ3n) is 5.35. The van der Waals surface area contributed by atoms with Crippen LogP contribution in [-0.4, -0.2) is 30.1 Å². The van der Waals surface area contributed by atoms with E-state index in [1.807, 2.05) is 0 Å². The lowest BCUT2D eigenvalue weighted by Gasteiger charge is -2.28. The Labute approximate surface area is 132 Å². The van der Waals surface area contributed by atoms with Gasteiger partial charge in [-0.05, 0) is 75.2 Å². The highest BCUT2D eigenvalue weighted by Gasteiger charge is 2.34. The van der Waals surface area contributed by atoms with Gasteiger partial charge in [0.25, 0.3) is 0 Å². The van der Waals surface area contributed by atoms with E-state index in [9.17, 15) is 5.11 Å². The van der Waals surface area contributed by atoms with E-state index in [4.69, 9.17) is 17.3 Å². The van der Waals surface area contributed by atoms with Crippen molar-refractivity contribution in [2.45, 2.75) is 45.1 Å². The summed E-state index contributed by atoms with van der Waals surface area (Å²) in [4.78, 5) is 2.31. The van der Waals surface area contributed by atoms with Crippen LogP contribution in [0.2, 0.25) is 5.02 Å². The lowest BCUT2D eigenvalue weighted by Crippen LogP contribution is -2.21. The highest BCUT2D eigenvalue weighted by molar-refractivity contribution is 6.33. The van der Waals surface area contributed by atoms with Crippen molar-refractivity contribution in [2.75, 3.05) is 20.1 Å². The van der Waals surface area contributed by atoms with Crippen molar-refractivity contribution in [1.82, 2.24) is 4.90 Å². The molecule has 4 heteroatoms. The molecule has 1 aliphatic carbocycles. The van der Waals surface area contributed by atoms with Gasteiger partial charge >= 0.3 is 0 Å². The monoisotopic (exact) mass is 308 g/mol. The maximum atomic E-state index is 10.7. The number of likely N-dealkylation sites (tertiary alicyclic amines) is 1. The van der Waals surface area contributed by atoms with E-state index in [0.29, 0.717) is 23.2 Å². The Kier molecular flexibility index (Phi) is 4.17. The van der Waals surface area contributed by atoms with Crippen molar-refractivity contribution in [3.63, 3.8) is 0 Å². The number of benzene rings is 1. The number of rotatable bonds is 2. The molecular formula is C17H25ClN2O. The van der Waals surface area contributed by atoms with Crippen molar-refractivity contribution in [1.29, 1.82) is 0 Å². The SMILES string of the molecule is Cc1c2c(c(Cl)c(O)c1C1CC(CN)CN1C)CCCC2. The first-order chi connectivity index (χ1) is 10.0. The molecule has 0 bridgehead atoms. The van der Waals surface area contributed by atoms with Crippen LogP contribution in [0.3, 0.4) is 0 Å². The van der Waals surface area contributed by atoms with E-state index in [2.05, 4.69) is 18.9 Å². The molecule has 116 valence electrons. The van der Waals surface area contributed by atoms with Crippen LogP contribution in [0.15, 0.2) is 0 Å². The van der Waals surface area contributed by atoms with Crippen LogP contribution in [0.5, 0.6) is 5.75 Å². The summed E-state index contributed by atoms with van der Waals surface area (Å²) in [5.74, 6) is 0.818. The Morgan fingerprint density at radius 3 is 2.57 bits per heavy atom. The number of aromatic hydroxyl groups is 1. The van der Waals surface area contributed by atoms with Gasteiger partial charge in [0, 0.05) is 18.2 Å². The number of phenols is 1. The molecule has 0 saturated carbocycles. The highest BCUT2D eigenvalue weighted by Crippen LogP contribution is 2.47. The lowest BCUT2D eigenvalue weighted by atomic mass is 9.83. The van der Waals surface area contributed by atoms with Gasteiger partial charge in [0.1, 0.15) is 5.75 Å². The first kappa shape index (κ1) is 15.1. The molecule has 1 aliphatic heterocycles. The summed E-state index contributed by atoms with van der Waals surface area (Å²) < 4.78 is 0. The Balaban J connectivity index is 2.09. The highest BCUT2D eigenvalue weighted by atomic mass is 35.5. The number of halogens is 1. The van der Waals surface area contributed by atoms with Gasteiger partial charge in [-0.1, -0.05) is 11.6 Å². The molecule has 1 fully saturated rings. The van der Waals surface area contributed by atoms with Crippen molar-refractivity contribution < 1.29 is 5.11 Å².